The normalized spacial score (nSPS) is 21.3. The summed E-state index contributed by atoms with van der Waals surface area (Å²) in [5, 5.41) is 14.0. The molecular formula is C34H47N5O4Si2. The molecule has 0 aliphatic carbocycles. The maximum Gasteiger partial charge on any atom is 0.223 e. The van der Waals surface area contributed by atoms with Crippen LogP contribution in [-0.4, -0.2) is 66.2 Å². The molecule has 1 aliphatic heterocycles. The van der Waals surface area contributed by atoms with Crippen molar-refractivity contribution in [1.82, 2.24) is 19.5 Å². The second-order valence-electron chi connectivity index (χ2n) is 15.0. The summed E-state index contributed by atoms with van der Waals surface area (Å²) < 4.78 is 21.7. The predicted molar refractivity (Wildman–Crippen MR) is 185 cm³/mol. The lowest BCUT2D eigenvalue weighted by molar-refractivity contribution is -0.0487. The van der Waals surface area contributed by atoms with Gasteiger partial charge in [0.2, 0.25) is 5.95 Å². The molecule has 9 nitrogen and oxygen atoms in total. The molecular weight excluding hydrogens is 599 g/mol. The van der Waals surface area contributed by atoms with Crippen LogP contribution in [0.4, 0.5) is 5.95 Å². The van der Waals surface area contributed by atoms with Crippen LogP contribution in [-0.2, 0) is 13.6 Å². The van der Waals surface area contributed by atoms with E-state index < -0.39 is 41.2 Å². The number of aromatic nitrogens is 4. The molecule has 2 aromatic heterocycles. The van der Waals surface area contributed by atoms with E-state index in [2.05, 4.69) is 107 Å². The summed E-state index contributed by atoms with van der Waals surface area (Å²) in [6.45, 7) is 22.3. The Morgan fingerprint density at radius 1 is 0.933 bits per heavy atom. The van der Waals surface area contributed by atoms with Crippen LogP contribution < -0.4 is 5.73 Å². The Bertz CT molecular complexity index is 1760. The molecule has 4 aromatic rings. The van der Waals surface area contributed by atoms with Gasteiger partial charge in [-0.05, 0) is 59.0 Å². The maximum absolute atomic E-state index is 11.8. The monoisotopic (exact) mass is 645 g/mol. The number of hydrogen-bond donors (Lipinski definition) is 2. The Balaban J connectivity index is 1.51. The van der Waals surface area contributed by atoms with Gasteiger partial charge in [0.1, 0.15) is 29.5 Å². The number of imidazole rings is 1. The molecule has 45 heavy (non-hydrogen) atoms. The molecule has 4 atom stereocenters. The lowest BCUT2D eigenvalue weighted by Gasteiger charge is -2.41. The van der Waals surface area contributed by atoms with E-state index in [4.69, 9.17) is 19.3 Å². The summed E-state index contributed by atoms with van der Waals surface area (Å²) in [6.07, 6.45) is -1.29. The number of anilines is 1. The molecule has 240 valence electrons. The van der Waals surface area contributed by atoms with Crippen molar-refractivity contribution in [2.45, 2.75) is 102 Å². The fourth-order valence-corrected chi connectivity index (χ4v) is 7.26. The van der Waals surface area contributed by atoms with Gasteiger partial charge in [-0.3, -0.25) is 4.57 Å². The van der Waals surface area contributed by atoms with Gasteiger partial charge in [0.25, 0.3) is 0 Å². The molecule has 0 spiro atoms. The first kappa shape index (κ1) is 33.3. The molecule has 1 fully saturated rings. The molecule has 0 bridgehead atoms. The quantitative estimate of drug-likeness (QED) is 0.177. The third-order valence-electron chi connectivity index (χ3n) is 9.78. The highest BCUT2D eigenvalue weighted by molar-refractivity contribution is 6.74. The number of rotatable bonds is 6. The Morgan fingerprint density at radius 2 is 1.60 bits per heavy atom. The van der Waals surface area contributed by atoms with Gasteiger partial charge in [-0.15, -0.1) is 0 Å². The van der Waals surface area contributed by atoms with Gasteiger partial charge in [0, 0.05) is 5.56 Å². The first-order chi connectivity index (χ1) is 20.9. The smallest absolute Gasteiger partial charge is 0.223 e. The van der Waals surface area contributed by atoms with Crippen molar-refractivity contribution >= 4 is 44.5 Å². The number of aliphatic hydroxyl groups excluding tert-OH is 1. The number of aliphatic hydroxyl groups is 1. The molecule has 1 aliphatic rings. The van der Waals surface area contributed by atoms with E-state index in [1.165, 1.54) is 0 Å². The number of nitrogens with zero attached hydrogens (tertiary/aromatic N) is 4. The van der Waals surface area contributed by atoms with E-state index in [1.54, 1.807) is 10.9 Å². The van der Waals surface area contributed by atoms with Gasteiger partial charge in [0.15, 0.2) is 28.5 Å². The first-order valence-electron chi connectivity index (χ1n) is 15.5. The van der Waals surface area contributed by atoms with E-state index >= 15 is 0 Å². The maximum atomic E-state index is 11.8. The van der Waals surface area contributed by atoms with Crippen LogP contribution >= 0.6 is 0 Å². The second-order valence-corrected chi connectivity index (χ2v) is 24.6. The minimum absolute atomic E-state index is 0.0257. The second kappa shape index (κ2) is 11.9. The Labute approximate surface area is 268 Å². The topological polar surface area (TPSA) is 118 Å². The largest absolute Gasteiger partial charge is 0.414 e. The highest BCUT2D eigenvalue weighted by Gasteiger charge is 2.51. The van der Waals surface area contributed by atoms with E-state index in [9.17, 15) is 5.11 Å². The number of hydrogen-bond acceptors (Lipinski definition) is 8. The SMILES string of the molecule is CC(C)(C)[Si](C)(C)OC[C@H]1O[C@@H](n2cnc3c(C#Cc4cccc5ccccc45)nc(N)nc32)[C@H](O)[C@@H]1O[Si](C)(C)C(C)(C)C. The highest BCUT2D eigenvalue weighted by atomic mass is 28.4. The molecule has 0 saturated carbocycles. The summed E-state index contributed by atoms with van der Waals surface area (Å²) >= 11 is 0. The number of benzene rings is 2. The van der Waals surface area contributed by atoms with Crippen LogP contribution in [0.25, 0.3) is 21.9 Å². The lowest BCUT2D eigenvalue weighted by atomic mass is 10.0. The predicted octanol–water partition coefficient (Wildman–Crippen LogP) is 6.63. The van der Waals surface area contributed by atoms with Crippen LogP contribution in [0.3, 0.4) is 0 Å². The number of nitrogen functional groups attached to an aromatic ring is 1. The van der Waals surface area contributed by atoms with Crippen LogP contribution in [0, 0.1) is 11.8 Å². The summed E-state index contributed by atoms with van der Waals surface area (Å²) in [5.74, 6) is 6.49. The zero-order valence-corrected chi connectivity index (χ0v) is 30.2. The van der Waals surface area contributed by atoms with E-state index in [0.29, 0.717) is 23.5 Å². The Hall–Kier alpha value is -3.12. The Kier molecular flexibility index (Phi) is 8.80. The van der Waals surface area contributed by atoms with Crippen molar-refractivity contribution in [2.75, 3.05) is 12.3 Å². The van der Waals surface area contributed by atoms with Gasteiger partial charge >= 0.3 is 0 Å². The summed E-state index contributed by atoms with van der Waals surface area (Å²) in [6, 6.07) is 14.1. The minimum Gasteiger partial charge on any atom is -0.414 e. The van der Waals surface area contributed by atoms with Crippen LogP contribution in [0.1, 0.15) is 59.0 Å². The molecule has 2 aromatic carbocycles. The van der Waals surface area contributed by atoms with Gasteiger partial charge < -0.3 is 24.4 Å². The third kappa shape index (κ3) is 6.59. The summed E-state index contributed by atoms with van der Waals surface area (Å²) in [7, 11) is -4.38. The van der Waals surface area contributed by atoms with Gasteiger partial charge in [-0.1, -0.05) is 83.9 Å². The van der Waals surface area contributed by atoms with Gasteiger partial charge in [-0.2, -0.15) is 4.98 Å². The van der Waals surface area contributed by atoms with E-state index in [1.807, 2.05) is 30.3 Å². The molecule has 0 unspecified atom stereocenters. The van der Waals surface area contributed by atoms with Gasteiger partial charge in [-0.25, -0.2) is 9.97 Å². The number of nitrogens with two attached hydrogens (primary N) is 1. The van der Waals surface area contributed by atoms with Crippen LogP contribution in [0.15, 0.2) is 48.8 Å². The molecule has 3 N–H and O–H groups in total. The molecule has 11 heteroatoms. The molecule has 0 amide bonds. The average molecular weight is 646 g/mol. The van der Waals surface area contributed by atoms with Crippen LogP contribution in [0.2, 0.25) is 36.3 Å². The number of fused-ring (bicyclic) bond motifs is 2. The molecule has 3 heterocycles. The van der Waals surface area contributed by atoms with Crippen molar-refractivity contribution in [3.8, 4) is 11.8 Å². The molecule has 0 radical (unpaired) electrons. The zero-order chi connectivity index (χ0) is 32.9. The fraction of sp³-hybridized carbons (Fsp3) is 0.500. The first-order valence-corrected chi connectivity index (χ1v) is 21.4. The van der Waals surface area contributed by atoms with E-state index in [-0.39, 0.29) is 16.0 Å². The fourth-order valence-electron chi connectivity index (χ4n) is 4.92. The molecule has 1 saturated heterocycles. The lowest BCUT2D eigenvalue weighted by Crippen LogP contribution is -2.51. The molecule has 5 rings (SSSR count). The summed E-state index contributed by atoms with van der Waals surface area (Å²) in [5.41, 5.74) is 8.40. The zero-order valence-electron chi connectivity index (χ0n) is 28.2. The average Bonchev–Trinajstić information content (AvgIpc) is 3.49. The van der Waals surface area contributed by atoms with Crippen molar-refractivity contribution in [3.63, 3.8) is 0 Å². The van der Waals surface area contributed by atoms with Crippen molar-refractivity contribution < 1.29 is 18.7 Å². The van der Waals surface area contributed by atoms with Crippen LogP contribution in [0.5, 0.6) is 0 Å². The van der Waals surface area contributed by atoms with Crippen molar-refractivity contribution in [1.29, 1.82) is 0 Å². The van der Waals surface area contributed by atoms with Crippen molar-refractivity contribution in [3.05, 3.63) is 60.0 Å². The highest BCUT2D eigenvalue weighted by Crippen LogP contribution is 2.43. The third-order valence-corrected chi connectivity index (χ3v) is 18.8. The van der Waals surface area contributed by atoms with Crippen molar-refractivity contribution in [2.24, 2.45) is 0 Å². The Morgan fingerprint density at radius 3 is 2.29 bits per heavy atom. The van der Waals surface area contributed by atoms with Gasteiger partial charge in [0.05, 0.1) is 12.9 Å². The van der Waals surface area contributed by atoms with E-state index in [0.717, 1.165) is 16.3 Å². The summed E-state index contributed by atoms with van der Waals surface area (Å²) in [4.78, 5) is 13.6. The minimum atomic E-state index is -2.29. The standard InChI is InChI=1S/C34H47N5O4Si2/c1-33(2,3)44(7,8)41-20-26-29(43-45(9,10)34(4,5)6)28(40)31(42-26)39-21-36-27-25(37-32(35)38-30(27)39)19-18-23-16-13-15-22-14-11-12-17-24(22)23/h11-17,21,26,28-29,31,40H,20H2,1-10H3,(H2,35,37,38)/t26-,28-,29-,31-/m1/s1. The number of ether oxygens (including phenoxy) is 1.